The summed E-state index contributed by atoms with van der Waals surface area (Å²) in [6.07, 6.45) is 2.15. The summed E-state index contributed by atoms with van der Waals surface area (Å²) in [5.74, 6) is 0.107. The molecule has 2 aliphatic rings. The van der Waals surface area contributed by atoms with Crippen LogP contribution in [0.1, 0.15) is 24.1 Å². The number of rotatable bonds is 4. The summed E-state index contributed by atoms with van der Waals surface area (Å²) in [5, 5.41) is 5.40. The summed E-state index contributed by atoms with van der Waals surface area (Å²) in [6, 6.07) is 8.46. The van der Waals surface area contributed by atoms with E-state index in [9.17, 15) is 9.59 Å². The Morgan fingerprint density at radius 1 is 1.10 bits per heavy atom. The predicted molar refractivity (Wildman–Crippen MR) is 116 cm³/mol. The largest absolute Gasteiger partial charge is 0.370 e. The van der Waals surface area contributed by atoms with Gasteiger partial charge >= 0.3 is 6.03 Å². The van der Waals surface area contributed by atoms with Gasteiger partial charge in [0.2, 0.25) is 5.91 Å². The van der Waals surface area contributed by atoms with E-state index < -0.39 is 0 Å². The molecule has 8 heteroatoms. The fourth-order valence-electron chi connectivity index (χ4n) is 3.76. The number of hydrogen-bond donors (Lipinski definition) is 1. The Hall–Kier alpha value is -2.61. The second-order valence-electron chi connectivity index (χ2n) is 7.59. The first kappa shape index (κ1) is 19.7. The summed E-state index contributed by atoms with van der Waals surface area (Å²) >= 11 is 1.43. The minimum atomic E-state index is -0.104. The van der Waals surface area contributed by atoms with Crippen molar-refractivity contribution in [1.82, 2.24) is 15.2 Å². The standard InChI is InChI=1S/C21H27N5O2S/c1-16-4-6-18(7-5-16)24-9-3-10-25(13-12-24)19(27)14-17-15-29-21(23-17)26-11-2-8-22-20(26)28/h4-7,15H,2-3,8-14H2,1H3,(H,22,28). The number of benzene rings is 1. The molecule has 1 N–H and O–H groups in total. The van der Waals surface area contributed by atoms with Crippen LogP contribution < -0.4 is 15.1 Å². The third-order valence-corrected chi connectivity index (χ3v) is 6.34. The zero-order valence-electron chi connectivity index (χ0n) is 16.8. The van der Waals surface area contributed by atoms with Crippen LogP contribution in [0.5, 0.6) is 0 Å². The average molecular weight is 414 g/mol. The highest BCUT2D eigenvalue weighted by atomic mass is 32.1. The lowest BCUT2D eigenvalue weighted by Gasteiger charge is -2.25. The first-order chi connectivity index (χ1) is 14.1. The summed E-state index contributed by atoms with van der Waals surface area (Å²) < 4.78 is 0. The van der Waals surface area contributed by atoms with Crippen molar-refractivity contribution in [3.05, 3.63) is 40.9 Å². The van der Waals surface area contributed by atoms with Gasteiger partial charge in [0.05, 0.1) is 12.1 Å². The molecule has 7 nitrogen and oxygen atoms in total. The van der Waals surface area contributed by atoms with Crippen LogP contribution in [0, 0.1) is 6.92 Å². The van der Waals surface area contributed by atoms with Gasteiger partial charge in [-0.1, -0.05) is 17.7 Å². The summed E-state index contributed by atoms with van der Waals surface area (Å²) in [6.45, 7) is 6.76. The molecule has 1 aromatic carbocycles. The van der Waals surface area contributed by atoms with E-state index in [1.807, 2.05) is 10.3 Å². The van der Waals surface area contributed by atoms with Gasteiger partial charge in [-0.25, -0.2) is 9.78 Å². The lowest BCUT2D eigenvalue weighted by Crippen LogP contribution is -2.46. The zero-order valence-corrected chi connectivity index (χ0v) is 17.6. The molecule has 0 atom stereocenters. The molecule has 0 saturated carbocycles. The molecule has 2 aromatic rings. The number of nitrogens with zero attached hydrogens (tertiary/aromatic N) is 4. The normalized spacial score (nSPS) is 17.8. The van der Waals surface area contributed by atoms with Gasteiger partial charge in [0, 0.05) is 50.3 Å². The molecule has 2 aliphatic heterocycles. The number of carbonyl (C=O) groups is 2. The van der Waals surface area contributed by atoms with Crippen LogP contribution >= 0.6 is 11.3 Å². The molecule has 3 amide bonds. The van der Waals surface area contributed by atoms with E-state index in [1.54, 1.807) is 4.90 Å². The molecule has 0 radical (unpaired) electrons. The number of nitrogens with one attached hydrogen (secondary N) is 1. The first-order valence-corrected chi connectivity index (χ1v) is 11.1. The fraction of sp³-hybridized carbons (Fsp3) is 0.476. The Labute approximate surface area is 175 Å². The van der Waals surface area contributed by atoms with Crippen LogP contribution in [0.15, 0.2) is 29.6 Å². The first-order valence-electron chi connectivity index (χ1n) is 10.2. The minimum Gasteiger partial charge on any atom is -0.370 e. The van der Waals surface area contributed by atoms with E-state index in [-0.39, 0.29) is 18.4 Å². The van der Waals surface area contributed by atoms with Crippen molar-refractivity contribution in [3.63, 3.8) is 0 Å². The topological polar surface area (TPSA) is 68.8 Å². The lowest BCUT2D eigenvalue weighted by molar-refractivity contribution is -0.130. The second kappa shape index (κ2) is 8.82. The highest BCUT2D eigenvalue weighted by molar-refractivity contribution is 7.14. The molecule has 154 valence electrons. The molecule has 0 spiro atoms. The highest BCUT2D eigenvalue weighted by Gasteiger charge is 2.24. The van der Waals surface area contributed by atoms with Gasteiger partial charge < -0.3 is 15.1 Å². The number of amides is 3. The summed E-state index contributed by atoms with van der Waals surface area (Å²) in [5.41, 5.74) is 3.21. The van der Waals surface area contributed by atoms with E-state index in [0.717, 1.165) is 44.7 Å². The highest BCUT2D eigenvalue weighted by Crippen LogP contribution is 2.23. The van der Waals surface area contributed by atoms with Crippen molar-refractivity contribution in [2.75, 3.05) is 49.1 Å². The van der Waals surface area contributed by atoms with Crippen molar-refractivity contribution >= 4 is 34.1 Å². The van der Waals surface area contributed by atoms with Crippen molar-refractivity contribution in [3.8, 4) is 0 Å². The van der Waals surface area contributed by atoms with Gasteiger partial charge in [-0.3, -0.25) is 9.69 Å². The Morgan fingerprint density at radius 3 is 2.72 bits per heavy atom. The summed E-state index contributed by atoms with van der Waals surface area (Å²) in [7, 11) is 0. The number of anilines is 2. The molecular formula is C21H27N5O2S. The zero-order chi connectivity index (χ0) is 20.2. The maximum atomic E-state index is 12.8. The molecule has 0 unspecified atom stereocenters. The van der Waals surface area contributed by atoms with Crippen molar-refractivity contribution < 1.29 is 9.59 Å². The van der Waals surface area contributed by atoms with Crippen LogP contribution in [-0.4, -0.2) is 61.1 Å². The fourth-order valence-corrected chi connectivity index (χ4v) is 4.61. The summed E-state index contributed by atoms with van der Waals surface area (Å²) in [4.78, 5) is 35.3. The molecule has 3 heterocycles. The quantitative estimate of drug-likeness (QED) is 0.837. The average Bonchev–Trinajstić information content (AvgIpc) is 3.03. The Kier molecular flexibility index (Phi) is 5.99. The molecule has 1 aromatic heterocycles. The minimum absolute atomic E-state index is 0.104. The molecule has 0 bridgehead atoms. The van der Waals surface area contributed by atoms with Gasteiger partial charge in [-0.15, -0.1) is 11.3 Å². The molecule has 0 aliphatic carbocycles. The van der Waals surface area contributed by atoms with Gasteiger partial charge in [-0.2, -0.15) is 0 Å². The van der Waals surface area contributed by atoms with Crippen LogP contribution in [0.25, 0.3) is 0 Å². The number of urea groups is 1. The van der Waals surface area contributed by atoms with E-state index in [2.05, 4.69) is 46.4 Å². The van der Waals surface area contributed by atoms with Crippen molar-refractivity contribution in [2.45, 2.75) is 26.2 Å². The molecule has 2 fully saturated rings. The van der Waals surface area contributed by atoms with Crippen molar-refractivity contribution in [1.29, 1.82) is 0 Å². The van der Waals surface area contributed by atoms with E-state index in [0.29, 0.717) is 18.2 Å². The number of aryl methyl sites for hydroxylation is 1. The molecule has 4 rings (SSSR count). The van der Waals surface area contributed by atoms with Crippen LogP contribution in [0.3, 0.4) is 0 Å². The maximum absolute atomic E-state index is 12.8. The van der Waals surface area contributed by atoms with E-state index >= 15 is 0 Å². The predicted octanol–water partition coefficient (Wildman–Crippen LogP) is 2.65. The Bertz CT molecular complexity index is 866. The number of thiazole rings is 1. The smallest absolute Gasteiger partial charge is 0.323 e. The Morgan fingerprint density at radius 2 is 1.93 bits per heavy atom. The molecule has 2 saturated heterocycles. The van der Waals surface area contributed by atoms with Crippen LogP contribution in [0.4, 0.5) is 15.6 Å². The number of carbonyl (C=O) groups excluding carboxylic acids is 2. The maximum Gasteiger partial charge on any atom is 0.323 e. The molecular weight excluding hydrogens is 386 g/mol. The lowest BCUT2D eigenvalue weighted by atomic mass is 10.2. The third-order valence-electron chi connectivity index (χ3n) is 5.43. The van der Waals surface area contributed by atoms with Gasteiger partial charge in [-0.05, 0) is 31.9 Å². The SMILES string of the molecule is Cc1ccc(N2CCCN(C(=O)Cc3csc(N4CCCNC4=O)n3)CC2)cc1. The third kappa shape index (κ3) is 4.70. The molecule has 29 heavy (non-hydrogen) atoms. The van der Waals surface area contributed by atoms with Crippen molar-refractivity contribution in [2.24, 2.45) is 0 Å². The monoisotopic (exact) mass is 413 g/mol. The van der Waals surface area contributed by atoms with E-state index in [1.165, 1.54) is 22.6 Å². The van der Waals surface area contributed by atoms with E-state index in [4.69, 9.17) is 0 Å². The van der Waals surface area contributed by atoms with Gasteiger partial charge in [0.25, 0.3) is 0 Å². The number of aromatic nitrogens is 1. The van der Waals surface area contributed by atoms with Gasteiger partial charge in [0.1, 0.15) is 0 Å². The second-order valence-corrected chi connectivity index (χ2v) is 8.43. The van der Waals surface area contributed by atoms with Crippen LogP contribution in [-0.2, 0) is 11.2 Å². The Balaban J connectivity index is 1.34. The number of hydrogen-bond acceptors (Lipinski definition) is 5. The van der Waals surface area contributed by atoms with Crippen LogP contribution in [0.2, 0.25) is 0 Å². The van der Waals surface area contributed by atoms with Gasteiger partial charge in [0.15, 0.2) is 5.13 Å².